The molecule has 0 amide bonds. The van der Waals surface area contributed by atoms with Gasteiger partial charge >= 0.3 is 5.97 Å². The molecule has 2 atom stereocenters. The fourth-order valence-electron chi connectivity index (χ4n) is 2.25. The van der Waals surface area contributed by atoms with Gasteiger partial charge in [0.05, 0.1) is 12.0 Å². The molecule has 2 aliphatic rings. The first kappa shape index (κ1) is 8.05. The van der Waals surface area contributed by atoms with Gasteiger partial charge in [0.1, 0.15) is 0 Å². The van der Waals surface area contributed by atoms with Crippen LogP contribution >= 0.6 is 0 Å². The van der Waals surface area contributed by atoms with Gasteiger partial charge in [-0.25, -0.2) is 0 Å². The first-order valence-electron chi connectivity index (χ1n) is 4.61. The number of esters is 1. The molecule has 1 N–H and O–H groups in total. The lowest BCUT2D eigenvalue weighted by Gasteiger charge is -2.42. The average Bonchev–Trinajstić information content (AvgIpc) is 2.07. The van der Waals surface area contributed by atoms with Crippen molar-refractivity contribution in [2.75, 3.05) is 19.7 Å². The fourth-order valence-corrected chi connectivity index (χ4v) is 2.25. The van der Waals surface area contributed by atoms with Gasteiger partial charge in [0, 0.05) is 6.54 Å². The first-order chi connectivity index (χ1) is 5.73. The Morgan fingerprint density at radius 3 is 3.17 bits per heavy atom. The third kappa shape index (κ3) is 1.04. The zero-order valence-corrected chi connectivity index (χ0v) is 7.43. The van der Waals surface area contributed by atoms with Crippen molar-refractivity contribution in [3.8, 4) is 0 Å². The second-order valence-electron chi connectivity index (χ2n) is 4.00. The highest BCUT2D eigenvalue weighted by molar-refractivity contribution is 5.78. The standard InChI is InChI=1S/C9H15NO2/c1-9-6-10-4-2-7(9)3-5-12-8(9)11/h7,10H,2-6H2,1H3. The number of hydrogen-bond donors (Lipinski definition) is 1. The van der Waals surface area contributed by atoms with Gasteiger partial charge in [0.2, 0.25) is 0 Å². The second-order valence-corrected chi connectivity index (χ2v) is 4.00. The summed E-state index contributed by atoms with van der Waals surface area (Å²) in [7, 11) is 0. The monoisotopic (exact) mass is 169 g/mol. The molecule has 0 aromatic carbocycles. The maximum Gasteiger partial charge on any atom is 0.313 e. The van der Waals surface area contributed by atoms with E-state index in [1.807, 2.05) is 6.92 Å². The predicted molar refractivity (Wildman–Crippen MR) is 44.7 cm³/mol. The molecule has 68 valence electrons. The van der Waals surface area contributed by atoms with Gasteiger partial charge in [0.15, 0.2) is 0 Å². The number of fused-ring (bicyclic) bond motifs is 1. The van der Waals surface area contributed by atoms with E-state index in [1.54, 1.807) is 0 Å². The summed E-state index contributed by atoms with van der Waals surface area (Å²) in [6, 6.07) is 0. The van der Waals surface area contributed by atoms with Crippen molar-refractivity contribution < 1.29 is 9.53 Å². The minimum Gasteiger partial charge on any atom is -0.465 e. The third-order valence-electron chi connectivity index (χ3n) is 3.23. The summed E-state index contributed by atoms with van der Waals surface area (Å²) in [6.07, 6.45) is 2.16. The molecule has 2 unspecified atom stereocenters. The van der Waals surface area contributed by atoms with Crippen LogP contribution in [-0.4, -0.2) is 25.7 Å². The van der Waals surface area contributed by atoms with Crippen molar-refractivity contribution >= 4 is 5.97 Å². The van der Waals surface area contributed by atoms with E-state index < -0.39 is 0 Å². The number of carbonyl (C=O) groups is 1. The molecule has 0 bridgehead atoms. The van der Waals surface area contributed by atoms with Gasteiger partial charge in [-0.2, -0.15) is 0 Å². The highest BCUT2D eigenvalue weighted by Gasteiger charge is 2.46. The summed E-state index contributed by atoms with van der Waals surface area (Å²) in [5.41, 5.74) is -0.240. The summed E-state index contributed by atoms with van der Waals surface area (Å²) in [5, 5.41) is 3.25. The van der Waals surface area contributed by atoms with E-state index in [-0.39, 0.29) is 11.4 Å². The molecule has 3 heteroatoms. The summed E-state index contributed by atoms with van der Waals surface area (Å²) in [5.74, 6) is 0.533. The number of carbonyl (C=O) groups excluding carboxylic acids is 1. The summed E-state index contributed by atoms with van der Waals surface area (Å²) < 4.78 is 5.07. The Morgan fingerprint density at radius 1 is 1.58 bits per heavy atom. The smallest absolute Gasteiger partial charge is 0.313 e. The molecule has 3 nitrogen and oxygen atoms in total. The van der Waals surface area contributed by atoms with Crippen LogP contribution in [0.5, 0.6) is 0 Å². The average molecular weight is 169 g/mol. The van der Waals surface area contributed by atoms with Crippen LogP contribution in [0.25, 0.3) is 0 Å². The molecule has 2 saturated heterocycles. The Morgan fingerprint density at radius 2 is 2.42 bits per heavy atom. The molecule has 0 spiro atoms. The van der Waals surface area contributed by atoms with E-state index in [1.165, 1.54) is 0 Å². The maximum atomic E-state index is 11.5. The quantitative estimate of drug-likeness (QED) is 0.538. The van der Waals surface area contributed by atoms with Gasteiger partial charge in [-0.3, -0.25) is 4.79 Å². The third-order valence-corrected chi connectivity index (χ3v) is 3.23. The molecule has 0 aliphatic carbocycles. The molecule has 2 heterocycles. The van der Waals surface area contributed by atoms with Crippen LogP contribution in [0, 0.1) is 11.3 Å². The Bertz CT molecular complexity index is 203. The summed E-state index contributed by atoms with van der Waals surface area (Å²) >= 11 is 0. The molecule has 0 saturated carbocycles. The molecule has 0 aromatic heterocycles. The molecular formula is C9H15NO2. The highest BCUT2D eigenvalue weighted by Crippen LogP contribution is 2.38. The molecule has 0 aromatic rings. The van der Waals surface area contributed by atoms with Gasteiger partial charge < -0.3 is 10.1 Å². The van der Waals surface area contributed by atoms with Crippen molar-refractivity contribution in [1.82, 2.24) is 5.32 Å². The SMILES string of the molecule is CC12CNCCC1CCOC2=O. The van der Waals surface area contributed by atoms with E-state index in [0.717, 1.165) is 25.9 Å². The molecular weight excluding hydrogens is 154 g/mol. The highest BCUT2D eigenvalue weighted by atomic mass is 16.5. The van der Waals surface area contributed by atoms with Gasteiger partial charge in [0.25, 0.3) is 0 Å². The first-order valence-corrected chi connectivity index (χ1v) is 4.61. The molecule has 2 rings (SSSR count). The van der Waals surface area contributed by atoms with Crippen LogP contribution in [0.3, 0.4) is 0 Å². The van der Waals surface area contributed by atoms with E-state index in [0.29, 0.717) is 12.5 Å². The Labute approximate surface area is 72.5 Å². The maximum absolute atomic E-state index is 11.5. The number of rotatable bonds is 0. The van der Waals surface area contributed by atoms with Crippen LogP contribution < -0.4 is 5.32 Å². The fraction of sp³-hybridized carbons (Fsp3) is 0.889. The zero-order valence-electron chi connectivity index (χ0n) is 7.43. The van der Waals surface area contributed by atoms with E-state index >= 15 is 0 Å². The lowest BCUT2D eigenvalue weighted by atomic mass is 9.70. The van der Waals surface area contributed by atoms with Crippen LogP contribution in [0.4, 0.5) is 0 Å². The van der Waals surface area contributed by atoms with Crippen LogP contribution in [-0.2, 0) is 9.53 Å². The Kier molecular flexibility index (Phi) is 1.83. The van der Waals surface area contributed by atoms with E-state index in [4.69, 9.17) is 4.74 Å². The van der Waals surface area contributed by atoms with Gasteiger partial charge in [-0.1, -0.05) is 0 Å². The lowest BCUT2D eigenvalue weighted by Crippen LogP contribution is -2.53. The number of piperidine rings is 1. The number of ether oxygens (including phenoxy) is 1. The van der Waals surface area contributed by atoms with Crippen molar-refractivity contribution in [1.29, 1.82) is 0 Å². The zero-order chi connectivity index (χ0) is 8.60. The molecule has 0 radical (unpaired) electrons. The summed E-state index contributed by atoms with van der Waals surface area (Å²) in [6.45, 7) is 4.48. The van der Waals surface area contributed by atoms with Crippen LogP contribution in [0.1, 0.15) is 19.8 Å². The lowest BCUT2D eigenvalue weighted by molar-refractivity contribution is -0.168. The number of nitrogens with one attached hydrogen (secondary N) is 1. The minimum atomic E-state index is -0.240. The van der Waals surface area contributed by atoms with Crippen molar-refractivity contribution in [2.45, 2.75) is 19.8 Å². The van der Waals surface area contributed by atoms with Crippen molar-refractivity contribution in [2.24, 2.45) is 11.3 Å². The Balaban J connectivity index is 2.20. The van der Waals surface area contributed by atoms with Crippen LogP contribution in [0.15, 0.2) is 0 Å². The van der Waals surface area contributed by atoms with Crippen molar-refractivity contribution in [3.05, 3.63) is 0 Å². The normalized spacial score (nSPS) is 41.8. The van der Waals surface area contributed by atoms with E-state index in [9.17, 15) is 4.79 Å². The molecule has 2 fully saturated rings. The van der Waals surface area contributed by atoms with Crippen molar-refractivity contribution in [3.63, 3.8) is 0 Å². The largest absolute Gasteiger partial charge is 0.465 e. The second kappa shape index (κ2) is 2.73. The van der Waals surface area contributed by atoms with Gasteiger partial charge in [-0.15, -0.1) is 0 Å². The van der Waals surface area contributed by atoms with Crippen LogP contribution in [0.2, 0.25) is 0 Å². The molecule has 12 heavy (non-hydrogen) atoms. The topological polar surface area (TPSA) is 38.3 Å². The summed E-state index contributed by atoms with van der Waals surface area (Å²) in [4.78, 5) is 11.5. The predicted octanol–water partition coefficient (Wildman–Crippen LogP) is 0.549. The minimum absolute atomic E-state index is 0.00838. The van der Waals surface area contributed by atoms with Gasteiger partial charge in [-0.05, 0) is 32.2 Å². The molecule has 2 aliphatic heterocycles. The Hall–Kier alpha value is -0.570. The number of hydrogen-bond acceptors (Lipinski definition) is 3. The number of cyclic esters (lactones) is 1. The van der Waals surface area contributed by atoms with E-state index in [2.05, 4.69) is 5.32 Å².